The van der Waals surface area contributed by atoms with Crippen molar-refractivity contribution in [2.75, 3.05) is 13.9 Å². The topological polar surface area (TPSA) is 52.6 Å². The first-order valence-electron chi connectivity index (χ1n) is 10.4. The Bertz CT molecular complexity index is 722. The molecule has 4 rings (SSSR count). The van der Waals surface area contributed by atoms with Crippen LogP contribution in [0.15, 0.2) is 23.8 Å². The lowest BCUT2D eigenvalue weighted by molar-refractivity contribution is -0.199. The molecule has 0 aromatic heterocycles. The third-order valence-electron chi connectivity index (χ3n) is 8.67. The normalized spacial score (nSPS) is 45.7. The fourth-order valence-electron chi connectivity index (χ4n) is 7.27. The van der Waals surface area contributed by atoms with Crippen molar-refractivity contribution in [3.8, 4) is 0 Å². The number of hydrogen-bond donors (Lipinski definition) is 0. The summed E-state index contributed by atoms with van der Waals surface area (Å²) in [6.07, 6.45) is 11.8. The van der Waals surface area contributed by atoms with Crippen LogP contribution in [0.2, 0.25) is 0 Å². The van der Waals surface area contributed by atoms with E-state index in [0.29, 0.717) is 17.8 Å². The van der Waals surface area contributed by atoms with E-state index >= 15 is 0 Å². The molecule has 6 atom stereocenters. The first kappa shape index (κ1) is 19.1. The van der Waals surface area contributed by atoms with Gasteiger partial charge in [-0.3, -0.25) is 9.59 Å². The van der Waals surface area contributed by atoms with E-state index in [-0.39, 0.29) is 29.2 Å². The maximum absolute atomic E-state index is 12.8. The molecule has 3 saturated carbocycles. The van der Waals surface area contributed by atoms with Gasteiger partial charge in [0.05, 0.1) is 0 Å². The standard InChI is InChI=1S/C23H32O4/c1-15(24)23(27-14-26-4)12-9-20-18-6-5-16-13-17(25)7-10-21(16,2)19(18)8-11-22(20,23)3/h7,10,13,18-20H,5-6,8-9,11-12,14H2,1-4H3/t18-,19+,20+,21+,22+,23+/m1/s1. The minimum atomic E-state index is -0.714. The molecule has 0 aliphatic heterocycles. The minimum absolute atomic E-state index is 0.00693. The number of allylic oxidation sites excluding steroid dienone is 4. The molecule has 0 amide bonds. The first-order valence-corrected chi connectivity index (χ1v) is 10.4. The summed E-state index contributed by atoms with van der Waals surface area (Å²) < 4.78 is 11.3. The molecule has 148 valence electrons. The van der Waals surface area contributed by atoms with E-state index in [1.54, 1.807) is 20.1 Å². The molecule has 0 spiro atoms. The van der Waals surface area contributed by atoms with Crippen LogP contribution in [0.3, 0.4) is 0 Å². The second-order valence-corrected chi connectivity index (χ2v) is 9.53. The fraction of sp³-hybridized carbons (Fsp3) is 0.739. The van der Waals surface area contributed by atoms with Gasteiger partial charge in [0.15, 0.2) is 11.6 Å². The molecule has 4 heteroatoms. The zero-order valence-electron chi connectivity index (χ0n) is 17.0. The Kier molecular flexibility index (Phi) is 4.51. The molecule has 4 nitrogen and oxygen atoms in total. The molecule has 0 heterocycles. The first-order chi connectivity index (χ1) is 12.8. The summed E-state index contributed by atoms with van der Waals surface area (Å²) in [5.74, 6) is 1.89. The van der Waals surface area contributed by atoms with Gasteiger partial charge in [0.2, 0.25) is 0 Å². The Labute approximate surface area is 162 Å². The van der Waals surface area contributed by atoms with Crippen LogP contribution in [0.1, 0.15) is 59.3 Å². The summed E-state index contributed by atoms with van der Waals surface area (Å²) in [5.41, 5.74) is 0.456. The van der Waals surface area contributed by atoms with E-state index in [1.807, 2.05) is 6.08 Å². The van der Waals surface area contributed by atoms with Crippen LogP contribution in [-0.2, 0) is 19.1 Å². The van der Waals surface area contributed by atoms with Gasteiger partial charge in [-0.1, -0.05) is 25.5 Å². The zero-order valence-corrected chi connectivity index (χ0v) is 17.0. The van der Waals surface area contributed by atoms with Gasteiger partial charge >= 0.3 is 0 Å². The average molecular weight is 373 g/mol. The van der Waals surface area contributed by atoms with Crippen molar-refractivity contribution < 1.29 is 19.1 Å². The van der Waals surface area contributed by atoms with Crippen LogP contribution in [0.25, 0.3) is 0 Å². The van der Waals surface area contributed by atoms with Gasteiger partial charge in [-0.05, 0) is 75.4 Å². The van der Waals surface area contributed by atoms with Crippen LogP contribution >= 0.6 is 0 Å². The van der Waals surface area contributed by atoms with Gasteiger partial charge in [-0.2, -0.15) is 0 Å². The van der Waals surface area contributed by atoms with E-state index in [4.69, 9.17) is 9.47 Å². The van der Waals surface area contributed by atoms with Crippen molar-refractivity contribution in [1.82, 2.24) is 0 Å². The number of carbonyl (C=O) groups is 2. The molecule has 3 fully saturated rings. The Hall–Kier alpha value is -1.26. The van der Waals surface area contributed by atoms with Gasteiger partial charge in [-0.25, -0.2) is 0 Å². The van der Waals surface area contributed by atoms with Crippen LogP contribution in [-0.4, -0.2) is 31.1 Å². The lowest BCUT2D eigenvalue weighted by Crippen LogP contribution is -2.58. The largest absolute Gasteiger partial charge is 0.359 e. The number of methoxy groups -OCH3 is 1. The number of fused-ring (bicyclic) bond motifs is 5. The highest BCUT2D eigenvalue weighted by Gasteiger charge is 2.66. The van der Waals surface area contributed by atoms with Gasteiger partial charge in [0, 0.05) is 17.9 Å². The quantitative estimate of drug-likeness (QED) is 0.693. The molecule has 4 aliphatic rings. The highest BCUT2D eigenvalue weighted by atomic mass is 16.7. The predicted octanol–water partition coefficient (Wildman–Crippen LogP) is 4.24. The van der Waals surface area contributed by atoms with Crippen LogP contribution in [0.4, 0.5) is 0 Å². The number of hydrogen-bond acceptors (Lipinski definition) is 4. The highest BCUT2D eigenvalue weighted by molar-refractivity contribution is 6.01. The van der Waals surface area contributed by atoms with Gasteiger partial charge in [0.25, 0.3) is 0 Å². The molecular weight excluding hydrogens is 340 g/mol. The van der Waals surface area contributed by atoms with E-state index in [2.05, 4.69) is 19.9 Å². The molecule has 0 radical (unpaired) electrons. The molecule has 0 aromatic carbocycles. The fourth-order valence-corrected chi connectivity index (χ4v) is 7.27. The summed E-state index contributed by atoms with van der Waals surface area (Å²) in [5, 5.41) is 0. The zero-order chi connectivity index (χ0) is 19.4. The van der Waals surface area contributed by atoms with Crippen LogP contribution in [0.5, 0.6) is 0 Å². The number of Topliss-reactive ketones (excluding diaryl/α,β-unsaturated/α-hetero) is 1. The van der Waals surface area contributed by atoms with Gasteiger partial charge < -0.3 is 9.47 Å². The number of ketones is 2. The van der Waals surface area contributed by atoms with Crippen molar-refractivity contribution in [1.29, 1.82) is 0 Å². The van der Waals surface area contributed by atoms with Gasteiger partial charge in [0.1, 0.15) is 12.4 Å². The van der Waals surface area contributed by atoms with E-state index in [1.165, 1.54) is 5.57 Å². The predicted molar refractivity (Wildman–Crippen MR) is 103 cm³/mol. The highest BCUT2D eigenvalue weighted by Crippen LogP contribution is 2.67. The summed E-state index contributed by atoms with van der Waals surface area (Å²) in [6, 6.07) is 0. The molecule has 4 aliphatic carbocycles. The summed E-state index contributed by atoms with van der Waals surface area (Å²) in [6.45, 7) is 6.46. The molecule has 0 saturated heterocycles. The third-order valence-corrected chi connectivity index (χ3v) is 8.67. The summed E-state index contributed by atoms with van der Waals surface area (Å²) in [7, 11) is 1.62. The molecular formula is C23H32O4. The average Bonchev–Trinajstić information content (AvgIpc) is 2.94. The Morgan fingerprint density at radius 2 is 1.93 bits per heavy atom. The lowest BCUT2D eigenvalue weighted by Gasteiger charge is -2.58. The van der Waals surface area contributed by atoms with Crippen molar-refractivity contribution in [3.63, 3.8) is 0 Å². The third kappa shape index (κ3) is 2.49. The second-order valence-electron chi connectivity index (χ2n) is 9.53. The Morgan fingerprint density at radius 1 is 1.19 bits per heavy atom. The van der Waals surface area contributed by atoms with E-state index < -0.39 is 5.60 Å². The smallest absolute Gasteiger partial charge is 0.178 e. The van der Waals surface area contributed by atoms with Gasteiger partial charge in [-0.15, -0.1) is 0 Å². The van der Waals surface area contributed by atoms with E-state index in [0.717, 1.165) is 38.5 Å². The molecule has 0 unspecified atom stereocenters. The Balaban J connectivity index is 1.68. The minimum Gasteiger partial charge on any atom is -0.359 e. The molecule has 0 aromatic rings. The van der Waals surface area contributed by atoms with Crippen molar-refractivity contribution in [2.24, 2.45) is 28.6 Å². The van der Waals surface area contributed by atoms with Crippen LogP contribution < -0.4 is 0 Å². The molecule has 0 bridgehead atoms. The second kappa shape index (κ2) is 6.38. The Morgan fingerprint density at radius 3 is 2.63 bits per heavy atom. The van der Waals surface area contributed by atoms with Crippen LogP contribution in [0, 0.1) is 28.6 Å². The lowest BCUT2D eigenvalue weighted by atomic mass is 9.47. The molecule has 27 heavy (non-hydrogen) atoms. The SMILES string of the molecule is COCO[C@]1(C(C)=O)CC[C@H]2[C@@H]3CCC4=CC(=O)C=C[C@]4(C)[C@H]3CC[C@@]21C. The summed E-state index contributed by atoms with van der Waals surface area (Å²) >= 11 is 0. The number of rotatable bonds is 4. The number of ether oxygens (including phenoxy) is 2. The van der Waals surface area contributed by atoms with Crippen molar-refractivity contribution >= 4 is 11.6 Å². The molecule has 0 N–H and O–H groups in total. The van der Waals surface area contributed by atoms with Crippen molar-refractivity contribution in [2.45, 2.75) is 64.9 Å². The van der Waals surface area contributed by atoms with E-state index in [9.17, 15) is 9.59 Å². The maximum atomic E-state index is 12.8. The van der Waals surface area contributed by atoms with Crippen molar-refractivity contribution in [3.05, 3.63) is 23.8 Å². The summed E-state index contributed by atoms with van der Waals surface area (Å²) in [4.78, 5) is 24.7. The maximum Gasteiger partial charge on any atom is 0.178 e. The monoisotopic (exact) mass is 372 g/mol. The number of carbonyl (C=O) groups excluding carboxylic acids is 2.